The van der Waals surface area contributed by atoms with Gasteiger partial charge in [0.2, 0.25) is 5.91 Å². The number of nitrogens with one attached hydrogen (secondary N) is 2. The van der Waals surface area contributed by atoms with E-state index in [4.69, 9.17) is 9.47 Å². The molecular formula is C15H24N2O3. The summed E-state index contributed by atoms with van der Waals surface area (Å²) in [7, 11) is 0. The minimum Gasteiger partial charge on any atom is -0.491 e. The van der Waals surface area contributed by atoms with Crippen molar-refractivity contribution in [2.75, 3.05) is 38.2 Å². The van der Waals surface area contributed by atoms with Gasteiger partial charge in [-0.3, -0.25) is 4.79 Å². The summed E-state index contributed by atoms with van der Waals surface area (Å²) in [6, 6.07) is 7.53. The number of amides is 1. The van der Waals surface area contributed by atoms with E-state index in [0.717, 1.165) is 17.9 Å². The van der Waals surface area contributed by atoms with Crippen molar-refractivity contribution in [3.63, 3.8) is 0 Å². The quantitative estimate of drug-likeness (QED) is 0.644. The van der Waals surface area contributed by atoms with E-state index in [1.54, 1.807) is 0 Å². The summed E-state index contributed by atoms with van der Waals surface area (Å²) in [5.74, 6) is 0.801. The lowest BCUT2D eigenvalue weighted by molar-refractivity contribution is -0.119. The van der Waals surface area contributed by atoms with Crippen LogP contribution in [0.4, 0.5) is 5.69 Å². The maximum absolute atomic E-state index is 11.4. The van der Waals surface area contributed by atoms with E-state index in [2.05, 4.69) is 10.6 Å². The topological polar surface area (TPSA) is 59.6 Å². The van der Waals surface area contributed by atoms with E-state index in [9.17, 15) is 4.79 Å². The standard InChI is InChI=1S/C15H24N2O3/c1-3-9-16-15(18)12-17-13-5-7-14(8-6-13)20-11-10-19-4-2/h5-8,17H,3-4,9-12H2,1-2H3,(H,16,18). The Morgan fingerprint density at radius 1 is 1.15 bits per heavy atom. The molecule has 0 atom stereocenters. The molecular weight excluding hydrogens is 256 g/mol. The van der Waals surface area contributed by atoms with Crippen LogP contribution in [0, 0.1) is 0 Å². The van der Waals surface area contributed by atoms with Crippen LogP contribution in [0.1, 0.15) is 20.3 Å². The Kier molecular flexibility index (Phi) is 8.22. The number of ether oxygens (including phenoxy) is 2. The molecule has 0 saturated heterocycles. The fourth-order valence-electron chi connectivity index (χ4n) is 1.54. The monoisotopic (exact) mass is 280 g/mol. The van der Waals surface area contributed by atoms with E-state index in [1.165, 1.54) is 0 Å². The van der Waals surface area contributed by atoms with Crippen LogP contribution in [-0.4, -0.2) is 38.8 Å². The number of anilines is 1. The SMILES string of the molecule is CCCNC(=O)CNc1ccc(OCCOCC)cc1. The first-order valence-electron chi connectivity index (χ1n) is 7.07. The molecule has 1 amide bonds. The molecule has 112 valence electrons. The highest BCUT2D eigenvalue weighted by Crippen LogP contribution is 2.15. The molecule has 0 aliphatic rings. The molecule has 0 bridgehead atoms. The van der Waals surface area contributed by atoms with Gasteiger partial charge in [0.25, 0.3) is 0 Å². The zero-order chi connectivity index (χ0) is 14.6. The summed E-state index contributed by atoms with van der Waals surface area (Å²) < 4.78 is 10.7. The minimum atomic E-state index is 0.00360. The Morgan fingerprint density at radius 2 is 1.90 bits per heavy atom. The van der Waals surface area contributed by atoms with Crippen molar-refractivity contribution in [3.8, 4) is 5.75 Å². The zero-order valence-electron chi connectivity index (χ0n) is 12.3. The van der Waals surface area contributed by atoms with E-state index >= 15 is 0 Å². The zero-order valence-corrected chi connectivity index (χ0v) is 12.3. The Labute approximate surface area is 120 Å². The fourth-order valence-corrected chi connectivity index (χ4v) is 1.54. The molecule has 0 aliphatic heterocycles. The van der Waals surface area contributed by atoms with Crippen molar-refractivity contribution in [1.82, 2.24) is 5.32 Å². The highest BCUT2D eigenvalue weighted by molar-refractivity contribution is 5.80. The van der Waals surface area contributed by atoms with Crippen molar-refractivity contribution >= 4 is 11.6 Å². The number of rotatable bonds is 10. The third-order valence-electron chi connectivity index (χ3n) is 2.58. The van der Waals surface area contributed by atoms with Gasteiger partial charge in [-0.05, 0) is 37.6 Å². The predicted molar refractivity (Wildman–Crippen MR) is 80.2 cm³/mol. The van der Waals surface area contributed by atoms with Gasteiger partial charge in [0.05, 0.1) is 13.2 Å². The summed E-state index contributed by atoms with van der Waals surface area (Å²) in [4.78, 5) is 11.4. The van der Waals surface area contributed by atoms with Crippen LogP contribution >= 0.6 is 0 Å². The van der Waals surface area contributed by atoms with Crippen LogP contribution in [0.2, 0.25) is 0 Å². The molecule has 1 aromatic rings. The smallest absolute Gasteiger partial charge is 0.239 e. The van der Waals surface area contributed by atoms with E-state index in [1.807, 2.05) is 38.1 Å². The maximum atomic E-state index is 11.4. The molecule has 2 N–H and O–H groups in total. The molecule has 0 aromatic heterocycles. The number of hydrogen-bond donors (Lipinski definition) is 2. The number of carbonyl (C=O) groups is 1. The van der Waals surface area contributed by atoms with Crippen LogP contribution in [-0.2, 0) is 9.53 Å². The van der Waals surface area contributed by atoms with Gasteiger partial charge in [-0.1, -0.05) is 6.92 Å². The van der Waals surface area contributed by atoms with E-state index in [0.29, 0.717) is 26.4 Å². The molecule has 0 aliphatic carbocycles. The van der Waals surface area contributed by atoms with Gasteiger partial charge < -0.3 is 20.1 Å². The number of benzene rings is 1. The van der Waals surface area contributed by atoms with Gasteiger partial charge in [0.1, 0.15) is 12.4 Å². The van der Waals surface area contributed by atoms with Gasteiger partial charge in [-0.2, -0.15) is 0 Å². The summed E-state index contributed by atoms with van der Waals surface area (Å²) in [6.07, 6.45) is 0.944. The number of hydrogen-bond acceptors (Lipinski definition) is 4. The molecule has 1 rings (SSSR count). The predicted octanol–water partition coefficient (Wildman–Crippen LogP) is 2.04. The van der Waals surface area contributed by atoms with Gasteiger partial charge in [-0.25, -0.2) is 0 Å². The largest absolute Gasteiger partial charge is 0.491 e. The summed E-state index contributed by atoms with van der Waals surface area (Å²) in [5, 5.41) is 5.88. The summed E-state index contributed by atoms with van der Waals surface area (Å²) in [6.45, 7) is 6.81. The van der Waals surface area contributed by atoms with E-state index < -0.39 is 0 Å². The van der Waals surface area contributed by atoms with Gasteiger partial charge >= 0.3 is 0 Å². The highest BCUT2D eigenvalue weighted by atomic mass is 16.5. The van der Waals surface area contributed by atoms with Crippen molar-refractivity contribution in [2.24, 2.45) is 0 Å². The average Bonchev–Trinajstić information content (AvgIpc) is 2.48. The molecule has 0 fully saturated rings. The Balaban J connectivity index is 2.26. The van der Waals surface area contributed by atoms with Crippen LogP contribution in [0.25, 0.3) is 0 Å². The Bertz CT molecular complexity index is 379. The lowest BCUT2D eigenvalue weighted by Crippen LogP contribution is -2.30. The van der Waals surface area contributed by atoms with Gasteiger partial charge in [0.15, 0.2) is 0 Å². The molecule has 1 aromatic carbocycles. The molecule has 0 spiro atoms. The second-order valence-corrected chi connectivity index (χ2v) is 4.27. The normalized spacial score (nSPS) is 10.1. The average molecular weight is 280 g/mol. The van der Waals surface area contributed by atoms with Crippen molar-refractivity contribution in [2.45, 2.75) is 20.3 Å². The lowest BCUT2D eigenvalue weighted by atomic mass is 10.3. The molecule has 0 saturated carbocycles. The first-order chi connectivity index (χ1) is 9.76. The van der Waals surface area contributed by atoms with Crippen molar-refractivity contribution < 1.29 is 14.3 Å². The van der Waals surface area contributed by atoms with Crippen molar-refractivity contribution in [1.29, 1.82) is 0 Å². The fraction of sp³-hybridized carbons (Fsp3) is 0.533. The molecule has 5 heteroatoms. The summed E-state index contributed by atoms with van der Waals surface area (Å²) in [5.41, 5.74) is 0.897. The molecule has 0 radical (unpaired) electrons. The maximum Gasteiger partial charge on any atom is 0.239 e. The number of carbonyl (C=O) groups excluding carboxylic acids is 1. The minimum absolute atomic E-state index is 0.00360. The second-order valence-electron chi connectivity index (χ2n) is 4.27. The van der Waals surface area contributed by atoms with Crippen LogP contribution in [0.3, 0.4) is 0 Å². The van der Waals surface area contributed by atoms with Crippen LogP contribution in [0.5, 0.6) is 5.75 Å². The van der Waals surface area contributed by atoms with Crippen LogP contribution in [0.15, 0.2) is 24.3 Å². The van der Waals surface area contributed by atoms with Crippen molar-refractivity contribution in [3.05, 3.63) is 24.3 Å². The Morgan fingerprint density at radius 3 is 2.55 bits per heavy atom. The molecule has 5 nitrogen and oxygen atoms in total. The summed E-state index contributed by atoms with van der Waals surface area (Å²) >= 11 is 0. The third kappa shape index (κ3) is 6.99. The first kappa shape index (κ1) is 16.3. The Hall–Kier alpha value is -1.75. The molecule has 0 unspecified atom stereocenters. The molecule has 20 heavy (non-hydrogen) atoms. The van der Waals surface area contributed by atoms with Gasteiger partial charge in [-0.15, -0.1) is 0 Å². The second kappa shape index (κ2) is 10.1. The van der Waals surface area contributed by atoms with Gasteiger partial charge in [0, 0.05) is 18.8 Å². The third-order valence-corrected chi connectivity index (χ3v) is 2.58. The first-order valence-corrected chi connectivity index (χ1v) is 7.07. The van der Waals surface area contributed by atoms with E-state index in [-0.39, 0.29) is 12.5 Å². The lowest BCUT2D eigenvalue weighted by Gasteiger charge is -2.09. The van der Waals surface area contributed by atoms with Crippen LogP contribution < -0.4 is 15.4 Å². The highest BCUT2D eigenvalue weighted by Gasteiger charge is 2.00. The molecule has 0 heterocycles.